The van der Waals surface area contributed by atoms with Gasteiger partial charge in [-0.2, -0.15) is 0 Å². The van der Waals surface area contributed by atoms with Gasteiger partial charge in [0.05, 0.1) is 12.9 Å². The molecule has 0 bridgehead atoms. The monoisotopic (exact) mass is 479 g/mol. The Labute approximate surface area is 203 Å². The summed E-state index contributed by atoms with van der Waals surface area (Å²) in [4.78, 5) is 24.6. The van der Waals surface area contributed by atoms with Gasteiger partial charge in [-0.3, -0.25) is 25.0 Å². The number of methoxy groups -OCH3 is 1. The summed E-state index contributed by atoms with van der Waals surface area (Å²) in [7, 11) is 1.64. The van der Waals surface area contributed by atoms with Crippen molar-refractivity contribution in [3.63, 3.8) is 0 Å². The van der Waals surface area contributed by atoms with Crippen molar-refractivity contribution in [1.29, 1.82) is 0 Å². The Morgan fingerprint density at radius 3 is 2.47 bits per heavy atom. The normalized spacial score (nSPS) is 17.7. The molecule has 1 fully saturated rings. The molecule has 1 aromatic heterocycles. The van der Waals surface area contributed by atoms with Gasteiger partial charge in [0, 0.05) is 17.2 Å². The molecule has 2 unspecified atom stereocenters. The Morgan fingerprint density at radius 2 is 1.76 bits per heavy atom. The lowest BCUT2D eigenvalue weighted by molar-refractivity contribution is -0.119. The number of hydrogen-bond acceptors (Lipinski definition) is 6. The van der Waals surface area contributed by atoms with E-state index in [4.69, 9.17) is 4.74 Å². The lowest BCUT2D eigenvalue weighted by Gasteiger charge is -2.31. The van der Waals surface area contributed by atoms with Crippen molar-refractivity contribution in [3.05, 3.63) is 60.2 Å². The highest BCUT2D eigenvalue weighted by atomic mass is 32.2. The maximum atomic E-state index is 12.4. The highest BCUT2D eigenvalue weighted by Crippen LogP contribution is 2.39. The number of carbonyl (C=O) groups is 2. The first-order valence-corrected chi connectivity index (χ1v) is 12.4. The van der Waals surface area contributed by atoms with Crippen molar-refractivity contribution in [2.75, 3.05) is 12.9 Å². The third-order valence-electron chi connectivity index (χ3n) is 6.09. The number of ether oxygens (including phenoxy) is 1. The third-order valence-corrected chi connectivity index (χ3v) is 7.04. The minimum absolute atomic E-state index is 0.108. The summed E-state index contributed by atoms with van der Waals surface area (Å²) in [5.74, 6) is 1.50. The van der Waals surface area contributed by atoms with Gasteiger partial charge in [0.25, 0.3) is 5.91 Å². The van der Waals surface area contributed by atoms with Crippen LogP contribution in [0.15, 0.2) is 59.8 Å². The predicted octanol–water partition coefficient (Wildman–Crippen LogP) is 4.26. The van der Waals surface area contributed by atoms with Gasteiger partial charge in [0.1, 0.15) is 5.75 Å². The Balaban J connectivity index is 1.47. The van der Waals surface area contributed by atoms with E-state index in [2.05, 4.69) is 32.5 Å². The second-order valence-corrected chi connectivity index (χ2v) is 9.33. The van der Waals surface area contributed by atoms with Crippen molar-refractivity contribution in [3.8, 4) is 17.1 Å². The number of aromatic nitrogens is 3. The quantitative estimate of drug-likeness (QED) is 0.388. The van der Waals surface area contributed by atoms with Crippen molar-refractivity contribution in [1.82, 2.24) is 25.6 Å². The van der Waals surface area contributed by atoms with Gasteiger partial charge in [-0.25, -0.2) is 0 Å². The van der Waals surface area contributed by atoms with E-state index in [1.165, 1.54) is 18.2 Å². The molecule has 1 saturated carbocycles. The van der Waals surface area contributed by atoms with Crippen molar-refractivity contribution in [2.45, 2.75) is 43.8 Å². The molecule has 0 radical (unpaired) electrons. The highest BCUT2D eigenvalue weighted by Gasteiger charge is 2.29. The number of hydrogen-bond donors (Lipinski definition) is 2. The summed E-state index contributed by atoms with van der Waals surface area (Å²) in [6.45, 7) is 2.27. The zero-order valence-corrected chi connectivity index (χ0v) is 20.2. The molecule has 0 saturated heterocycles. The molecular weight excluding hydrogens is 450 g/mol. The summed E-state index contributed by atoms with van der Waals surface area (Å²) in [6.07, 6.45) is 4.59. The summed E-state index contributed by atoms with van der Waals surface area (Å²) in [6, 6.07) is 16.8. The number of amides is 2. The highest BCUT2D eigenvalue weighted by molar-refractivity contribution is 7.99. The molecule has 1 aliphatic rings. The van der Waals surface area contributed by atoms with Crippen LogP contribution in [-0.4, -0.2) is 39.4 Å². The van der Waals surface area contributed by atoms with E-state index in [1.807, 2.05) is 30.3 Å². The van der Waals surface area contributed by atoms with Gasteiger partial charge in [-0.05, 0) is 55.2 Å². The number of nitrogens with one attached hydrogen (secondary N) is 2. The van der Waals surface area contributed by atoms with E-state index in [0.29, 0.717) is 16.6 Å². The molecule has 0 spiro atoms. The summed E-state index contributed by atoms with van der Waals surface area (Å²) < 4.78 is 7.47. The number of thioether (sulfide) groups is 1. The molecule has 2 aromatic carbocycles. The largest absolute Gasteiger partial charge is 0.497 e. The fourth-order valence-corrected chi connectivity index (χ4v) is 5.04. The molecular formula is C25H29N5O3S. The van der Waals surface area contributed by atoms with E-state index in [-0.39, 0.29) is 23.6 Å². The Kier molecular flexibility index (Phi) is 7.84. The van der Waals surface area contributed by atoms with Crippen LogP contribution in [0.3, 0.4) is 0 Å². The Bertz CT molecular complexity index is 1120. The number of nitrogens with zero attached hydrogens (tertiary/aromatic N) is 3. The lowest BCUT2D eigenvalue weighted by atomic mass is 9.85. The molecule has 8 nitrogen and oxygen atoms in total. The minimum atomic E-state index is -0.361. The van der Waals surface area contributed by atoms with E-state index in [9.17, 15) is 9.59 Å². The molecule has 34 heavy (non-hydrogen) atoms. The molecule has 1 heterocycles. The van der Waals surface area contributed by atoms with Gasteiger partial charge in [0.2, 0.25) is 5.91 Å². The van der Waals surface area contributed by atoms with Gasteiger partial charge in [0.15, 0.2) is 11.0 Å². The van der Waals surface area contributed by atoms with Gasteiger partial charge >= 0.3 is 0 Å². The van der Waals surface area contributed by atoms with Crippen LogP contribution in [0.2, 0.25) is 0 Å². The topological polar surface area (TPSA) is 98.1 Å². The SMILES string of the molecule is COc1ccc(-c2nnc(SCC(=O)NNC(=O)c3ccccc3)n2C2CCCCC2C)cc1. The van der Waals surface area contributed by atoms with Gasteiger partial charge in [-0.1, -0.05) is 49.7 Å². The van der Waals surface area contributed by atoms with E-state index in [1.54, 1.807) is 31.4 Å². The van der Waals surface area contributed by atoms with Crippen LogP contribution in [0.4, 0.5) is 0 Å². The van der Waals surface area contributed by atoms with Crippen molar-refractivity contribution in [2.24, 2.45) is 5.92 Å². The molecule has 3 aromatic rings. The lowest BCUT2D eigenvalue weighted by Crippen LogP contribution is -2.42. The summed E-state index contributed by atoms with van der Waals surface area (Å²) in [5.41, 5.74) is 6.37. The molecule has 178 valence electrons. The van der Waals surface area contributed by atoms with E-state index in [0.717, 1.165) is 36.4 Å². The molecule has 4 rings (SSSR count). The standard InChI is InChI=1S/C25H29N5O3S/c1-17-8-6-7-11-21(17)30-23(18-12-14-20(33-2)15-13-18)27-29-25(30)34-16-22(31)26-28-24(32)19-9-4-3-5-10-19/h3-5,9-10,12-15,17,21H,6-8,11,16H2,1-2H3,(H,26,31)(H,28,32). The third kappa shape index (κ3) is 5.59. The summed E-state index contributed by atoms with van der Waals surface area (Å²) in [5, 5.41) is 9.63. The smallest absolute Gasteiger partial charge is 0.269 e. The van der Waals surface area contributed by atoms with Crippen LogP contribution in [0, 0.1) is 5.92 Å². The molecule has 9 heteroatoms. The molecule has 0 aliphatic heterocycles. The van der Waals surface area contributed by atoms with Crippen LogP contribution in [0.25, 0.3) is 11.4 Å². The van der Waals surface area contributed by atoms with Crippen LogP contribution < -0.4 is 15.6 Å². The second kappa shape index (κ2) is 11.2. The van der Waals surface area contributed by atoms with Crippen molar-refractivity contribution >= 4 is 23.6 Å². The minimum Gasteiger partial charge on any atom is -0.497 e. The number of hydrazine groups is 1. The average molecular weight is 480 g/mol. The van der Waals surface area contributed by atoms with Crippen molar-refractivity contribution < 1.29 is 14.3 Å². The maximum Gasteiger partial charge on any atom is 0.269 e. The number of rotatable bonds is 7. The zero-order valence-electron chi connectivity index (χ0n) is 19.4. The van der Waals surface area contributed by atoms with Crippen LogP contribution >= 0.6 is 11.8 Å². The van der Waals surface area contributed by atoms with Gasteiger partial charge < -0.3 is 4.74 Å². The first kappa shape index (κ1) is 23.8. The Hall–Kier alpha value is -3.33. The second-order valence-electron chi connectivity index (χ2n) is 8.39. The first-order valence-electron chi connectivity index (χ1n) is 11.4. The Morgan fingerprint density at radius 1 is 1.03 bits per heavy atom. The van der Waals surface area contributed by atoms with Crippen LogP contribution in [0.5, 0.6) is 5.75 Å². The molecule has 2 N–H and O–H groups in total. The first-order chi connectivity index (χ1) is 16.6. The fraction of sp³-hybridized carbons (Fsp3) is 0.360. The molecule has 2 atom stereocenters. The maximum absolute atomic E-state index is 12.4. The van der Waals surface area contributed by atoms with Gasteiger partial charge in [-0.15, -0.1) is 10.2 Å². The summed E-state index contributed by atoms with van der Waals surface area (Å²) >= 11 is 1.32. The van der Waals surface area contributed by atoms with Crippen LogP contribution in [0.1, 0.15) is 49.0 Å². The fourth-order valence-electron chi connectivity index (χ4n) is 4.25. The van der Waals surface area contributed by atoms with E-state index >= 15 is 0 Å². The molecule has 2 amide bonds. The zero-order chi connectivity index (χ0) is 23.9. The van der Waals surface area contributed by atoms with E-state index < -0.39 is 0 Å². The van der Waals surface area contributed by atoms with Crippen LogP contribution in [-0.2, 0) is 4.79 Å². The average Bonchev–Trinajstić information content (AvgIpc) is 3.30. The number of carbonyl (C=O) groups excluding carboxylic acids is 2. The molecule has 1 aliphatic carbocycles. The number of benzene rings is 2. The predicted molar refractivity (Wildman–Crippen MR) is 131 cm³/mol.